The Bertz CT molecular complexity index is 4440. The van der Waals surface area contributed by atoms with Crippen molar-refractivity contribution >= 4 is 110 Å². The van der Waals surface area contributed by atoms with Gasteiger partial charge in [0.25, 0.3) is 17.4 Å². The molecule has 10 rings (SSSR count). The van der Waals surface area contributed by atoms with Crippen LogP contribution in [0, 0.1) is 23.2 Å². The average Bonchev–Trinajstić information content (AvgIpc) is 0.665. The summed E-state index contributed by atoms with van der Waals surface area (Å²) in [5, 5.41) is 57.1. The van der Waals surface area contributed by atoms with E-state index in [-0.39, 0.29) is 69.4 Å². The molecule has 1 aliphatic heterocycles. The van der Waals surface area contributed by atoms with E-state index in [1.165, 1.54) is 94.6 Å². The zero-order valence-electron chi connectivity index (χ0n) is 57.6. The number of fused-ring (bicyclic) bond motifs is 6. The van der Waals surface area contributed by atoms with Crippen LogP contribution in [0.25, 0.3) is 11.2 Å². The first-order chi connectivity index (χ1) is 49.9. The number of Topliss-reactive ketones (excluding diaryl/α,β-unsaturated/α-hetero) is 1. The SMILES string of the molecule is CC(=O)OC1=C2C(C)[C@@H](OC(=O)[C@H](O)[C@@H](NC(=O)c3ccccc3)c3ccccc3)C[C@@](O)([C@@H](OC(=O)c3ccccc3)C3C(OC(=O)CCSSCC(NC(=O)CCC(NC(=O)c4ccc(NCc5cnc6nc(N)[nH]c(=O)c6n5)cc4)C(=O)O)C(=O)O)(C1=O)C(C)C[C@H]1OC[C@@]31OC(C)=O)C2(C)C. The van der Waals surface area contributed by atoms with Crippen molar-refractivity contribution in [1.82, 2.24) is 35.9 Å². The zero-order valence-corrected chi connectivity index (χ0v) is 59.2. The van der Waals surface area contributed by atoms with Gasteiger partial charge in [-0.15, -0.1) is 0 Å². The Kier molecular flexibility index (Phi) is 23.6. The number of hydrogen-bond acceptors (Lipinski definition) is 27. The molecule has 2 saturated carbocycles. The van der Waals surface area contributed by atoms with Gasteiger partial charge in [0, 0.05) is 72.3 Å². The molecule has 6 unspecified atom stereocenters. The molecule has 6 aromatic rings. The molecule has 33 heteroatoms. The van der Waals surface area contributed by atoms with Crippen LogP contribution in [-0.2, 0) is 73.3 Å². The average molecular weight is 1480 g/mol. The molecule has 0 radical (unpaired) electrons. The smallest absolute Gasteiger partial charge is 0.338 e. The number of hydrogen-bond donors (Lipinski definition) is 10. The number of aliphatic carboxylic acids is 2. The molecular formula is C72H77N9O22S2. The highest BCUT2D eigenvalue weighted by Crippen LogP contribution is 2.65. The van der Waals surface area contributed by atoms with Gasteiger partial charge in [-0.3, -0.25) is 43.3 Å². The third kappa shape index (κ3) is 16.4. The van der Waals surface area contributed by atoms with Crippen molar-refractivity contribution in [2.24, 2.45) is 23.2 Å². The van der Waals surface area contributed by atoms with Gasteiger partial charge in [0.05, 0.1) is 49.0 Å². The van der Waals surface area contributed by atoms with E-state index in [9.17, 15) is 73.2 Å². The molecule has 3 heterocycles. The Balaban J connectivity index is 0.867. The summed E-state index contributed by atoms with van der Waals surface area (Å²) in [6.07, 6.45) is -8.14. The third-order valence-corrected chi connectivity index (χ3v) is 21.7. The summed E-state index contributed by atoms with van der Waals surface area (Å²) in [7, 11) is 1.85. The molecule has 554 valence electrons. The van der Waals surface area contributed by atoms with Gasteiger partial charge in [-0.1, -0.05) is 116 Å². The van der Waals surface area contributed by atoms with Crippen molar-refractivity contribution in [1.29, 1.82) is 0 Å². The third-order valence-electron chi connectivity index (χ3n) is 19.3. The van der Waals surface area contributed by atoms with Crippen molar-refractivity contribution in [2.45, 2.75) is 140 Å². The number of amides is 3. The summed E-state index contributed by atoms with van der Waals surface area (Å²) in [6, 6.07) is 24.8. The molecule has 4 aliphatic rings. The number of aromatic amines is 1. The number of carbonyl (C=O) groups is 11. The van der Waals surface area contributed by atoms with Gasteiger partial charge in [-0.2, -0.15) is 4.98 Å². The Hall–Kier alpha value is -10.6. The number of anilines is 2. The number of nitrogens with zero attached hydrogens (tertiary/aromatic N) is 3. The summed E-state index contributed by atoms with van der Waals surface area (Å²) in [4.78, 5) is 181. The predicted molar refractivity (Wildman–Crippen MR) is 375 cm³/mol. The minimum absolute atomic E-state index is 0.0219. The van der Waals surface area contributed by atoms with E-state index in [4.69, 9.17) is 34.2 Å². The second-order valence-electron chi connectivity index (χ2n) is 26.4. The first-order valence-corrected chi connectivity index (χ1v) is 35.8. The molecular weight excluding hydrogens is 1410 g/mol. The molecule has 2 aromatic heterocycles. The lowest BCUT2D eigenvalue weighted by molar-refractivity contribution is -0.350. The lowest BCUT2D eigenvalue weighted by atomic mass is 9.46. The molecule has 0 spiro atoms. The molecule has 3 aliphatic carbocycles. The highest BCUT2D eigenvalue weighted by atomic mass is 33.1. The minimum Gasteiger partial charge on any atom is -0.480 e. The number of nitrogen functional groups attached to an aromatic ring is 1. The number of aliphatic hydroxyl groups excluding tert-OH is 1. The lowest BCUT2D eigenvalue weighted by Crippen LogP contribution is -2.83. The quantitative estimate of drug-likeness (QED) is 0.0137. The van der Waals surface area contributed by atoms with Crippen LogP contribution in [0.15, 0.2) is 138 Å². The van der Waals surface area contributed by atoms with Crippen LogP contribution in [0.5, 0.6) is 0 Å². The van der Waals surface area contributed by atoms with E-state index in [2.05, 4.69) is 41.2 Å². The van der Waals surface area contributed by atoms with Gasteiger partial charge < -0.3 is 75.8 Å². The number of nitrogens with one attached hydrogen (secondary N) is 5. The van der Waals surface area contributed by atoms with Crippen LogP contribution in [0.1, 0.15) is 122 Å². The summed E-state index contributed by atoms with van der Waals surface area (Å²) >= 11 is 0. The number of rotatable bonds is 28. The topological polar surface area (TPSA) is 470 Å². The summed E-state index contributed by atoms with van der Waals surface area (Å²) in [5.74, 6) is -17.9. The Morgan fingerprint density at radius 2 is 1.38 bits per heavy atom. The van der Waals surface area contributed by atoms with Crippen LogP contribution in [0.3, 0.4) is 0 Å². The number of carbonyl (C=O) groups excluding carboxylic acids is 9. The first kappa shape index (κ1) is 77.0. The van der Waals surface area contributed by atoms with E-state index in [1.54, 1.807) is 54.6 Å². The van der Waals surface area contributed by atoms with Gasteiger partial charge >= 0.3 is 41.8 Å². The summed E-state index contributed by atoms with van der Waals surface area (Å²) in [5.41, 5.74) is -3.20. The van der Waals surface area contributed by atoms with E-state index >= 15 is 4.79 Å². The molecule has 3 amide bonds. The molecule has 11 N–H and O–H groups in total. The first-order valence-electron chi connectivity index (χ1n) is 33.3. The fourth-order valence-corrected chi connectivity index (χ4v) is 16.2. The van der Waals surface area contributed by atoms with Crippen LogP contribution < -0.4 is 32.6 Å². The van der Waals surface area contributed by atoms with Crippen molar-refractivity contribution in [3.63, 3.8) is 0 Å². The van der Waals surface area contributed by atoms with Crippen molar-refractivity contribution in [3.8, 4) is 0 Å². The number of carboxylic acids is 2. The predicted octanol–water partition coefficient (Wildman–Crippen LogP) is 4.72. The highest BCUT2D eigenvalue weighted by Gasteiger charge is 2.80. The van der Waals surface area contributed by atoms with Gasteiger partial charge in [0.15, 0.2) is 34.2 Å². The molecule has 3 fully saturated rings. The number of H-pyrrole nitrogens is 1. The second-order valence-corrected chi connectivity index (χ2v) is 29.0. The summed E-state index contributed by atoms with van der Waals surface area (Å²) in [6.45, 7) is 7.56. The number of nitrogens with two attached hydrogens (primary N) is 1. The Morgan fingerprint density at radius 1 is 0.752 bits per heavy atom. The monoisotopic (exact) mass is 1480 g/mol. The second kappa shape index (κ2) is 32.2. The molecule has 4 aromatic carbocycles. The normalized spacial score (nSPS) is 23.9. The molecule has 105 heavy (non-hydrogen) atoms. The number of benzene rings is 4. The van der Waals surface area contributed by atoms with Gasteiger partial charge in [-0.25, -0.2) is 29.1 Å². The lowest BCUT2D eigenvalue weighted by Gasteiger charge is -2.67. The van der Waals surface area contributed by atoms with E-state index in [0.29, 0.717) is 11.4 Å². The number of aromatic nitrogens is 4. The maximum atomic E-state index is 16.6. The molecule has 1 saturated heterocycles. The molecule has 13 atom stereocenters. The Morgan fingerprint density at radius 3 is 2.00 bits per heavy atom. The molecule has 2 bridgehead atoms. The number of ether oxygens (including phenoxy) is 6. The van der Waals surface area contributed by atoms with Gasteiger partial charge in [0.2, 0.25) is 17.6 Å². The standard InChI is InChI=1S/C72H77N9O22S2/c1-36-30-49-70(35-98-49,102-39(4)83)57-59(101-66(95)43-20-14-9-15-21-43)71(97)31-48(100-67(96)55(86)53(40-16-10-7-11-17-40)79-62(89)41-18-12-8-13-19-41)37(2)52(69(71,5)6)56(99-38(3)82)58(87)72(36,57)103-51(85)28-29-104-105-34-47(65(93)94)77-50(84)27-26-46(64(91)92)78-61(88)42-22-24-44(25-23-42)74-32-45-33-75-60-54(76-45)63(90)81-68(73)80-60/h7-25,33,36-37,46-49,53,55,57,59,74,86,97H,26-32,34-35H2,1-6H3,(H,77,84)(H,78,88)(H,79,89)(H,91,92)(H,93,94)(H3,73,75,80,81,90)/t36?,37?,46?,47?,48-,49+,53-,55+,57?,59-,70-,71+,72?/m0/s1. The number of ketones is 1. The van der Waals surface area contributed by atoms with E-state index in [0.717, 1.165) is 35.4 Å². The van der Waals surface area contributed by atoms with E-state index in [1.807, 2.05) is 0 Å². The minimum atomic E-state index is -2.73. The van der Waals surface area contributed by atoms with Gasteiger partial charge in [0.1, 0.15) is 36.0 Å². The van der Waals surface area contributed by atoms with Crippen LogP contribution in [-0.4, -0.2) is 177 Å². The van der Waals surface area contributed by atoms with Crippen molar-refractivity contribution < 1.29 is 102 Å². The van der Waals surface area contributed by atoms with E-state index < -0.39 is 191 Å². The summed E-state index contributed by atoms with van der Waals surface area (Å²) < 4.78 is 37.8. The largest absolute Gasteiger partial charge is 0.480 e. The number of carboxylic acid groups (broad SMARTS) is 2. The fourth-order valence-electron chi connectivity index (χ4n) is 14.1. The van der Waals surface area contributed by atoms with Crippen LogP contribution in [0.4, 0.5) is 11.6 Å². The van der Waals surface area contributed by atoms with Crippen molar-refractivity contribution in [3.05, 3.63) is 171 Å². The van der Waals surface area contributed by atoms with Crippen molar-refractivity contribution in [2.75, 3.05) is 29.2 Å². The van der Waals surface area contributed by atoms with Crippen LogP contribution in [0.2, 0.25) is 0 Å². The van der Waals surface area contributed by atoms with Gasteiger partial charge in [-0.05, 0) is 72.5 Å². The number of esters is 5. The fraction of sp³-hybridized carbons (Fsp3) is 0.403. The maximum absolute atomic E-state index is 16.6. The highest BCUT2D eigenvalue weighted by molar-refractivity contribution is 8.76. The maximum Gasteiger partial charge on any atom is 0.338 e. The number of aliphatic hydroxyl groups is 2. The van der Waals surface area contributed by atoms with Crippen LogP contribution >= 0.6 is 21.6 Å². The Labute approximate surface area is 607 Å². The zero-order chi connectivity index (χ0) is 75.9. The molecule has 31 nitrogen and oxygen atoms in total.